The molecule has 19 heavy (non-hydrogen) atoms. The Morgan fingerprint density at radius 3 is 2.21 bits per heavy atom. The van der Waals surface area contributed by atoms with Crippen molar-refractivity contribution < 1.29 is 9.13 Å². The van der Waals surface area contributed by atoms with E-state index in [0.29, 0.717) is 6.61 Å². The Morgan fingerprint density at radius 1 is 1.05 bits per heavy atom. The summed E-state index contributed by atoms with van der Waals surface area (Å²) in [6, 6.07) is 6.82. The molecule has 0 heterocycles. The number of rotatable bonds is 4. The van der Waals surface area contributed by atoms with Crippen LogP contribution in [0.3, 0.4) is 0 Å². The van der Waals surface area contributed by atoms with Crippen LogP contribution in [-0.4, -0.2) is 6.61 Å². The van der Waals surface area contributed by atoms with Gasteiger partial charge in [0, 0.05) is 0 Å². The molecule has 2 heteroatoms. The molecule has 0 aromatic heterocycles. The molecule has 0 saturated heterocycles. The van der Waals surface area contributed by atoms with E-state index in [1.807, 2.05) is 12.1 Å². The number of ether oxygens (including phenoxy) is 1. The lowest BCUT2D eigenvalue weighted by atomic mass is 9.81. The van der Waals surface area contributed by atoms with Crippen molar-refractivity contribution in [1.82, 2.24) is 0 Å². The van der Waals surface area contributed by atoms with E-state index >= 15 is 0 Å². The first-order valence-electron chi connectivity index (χ1n) is 7.28. The van der Waals surface area contributed by atoms with Gasteiger partial charge in [-0.2, -0.15) is 0 Å². The van der Waals surface area contributed by atoms with Gasteiger partial charge < -0.3 is 4.74 Å². The van der Waals surface area contributed by atoms with E-state index in [-0.39, 0.29) is 11.4 Å². The average Bonchev–Trinajstić information content (AvgIpc) is 2.39. The molecule has 1 aromatic rings. The normalized spacial score (nSPS) is 19.4. The van der Waals surface area contributed by atoms with Gasteiger partial charge in [-0.25, -0.2) is 4.39 Å². The highest BCUT2D eigenvalue weighted by molar-refractivity contribution is 5.23. The summed E-state index contributed by atoms with van der Waals surface area (Å²) < 4.78 is 19.3. The van der Waals surface area contributed by atoms with Gasteiger partial charge in [-0.1, -0.05) is 50.3 Å². The van der Waals surface area contributed by atoms with Crippen LogP contribution in [0.5, 0.6) is 0 Å². The monoisotopic (exact) mass is 262 g/mol. The number of hydrogen-bond acceptors (Lipinski definition) is 1. The van der Waals surface area contributed by atoms with Gasteiger partial charge in [-0.3, -0.25) is 0 Å². The van der Waals surface area contributed by atoms with Gasteiger partial charge in [0.2, 0.25) is 0 Å². The van der Waals surface area contributed by atoms with Crippen LogP contribution in [0, 0.1) is 5.82 Å². The van der Waals surface area contributed by atoms with Crippen molar-refractivity contribution in [3.05, 3.63) is 48.3 Å². The molecule has 0 spiro atoms. The van der Waals surface area contributed by atoms with Crippen molar-refractivity contribution in [2.75, 3.05) is 6.61 Å². The fourth-order valence-corrected chi connectivity index (χ4v) is 2.96. The van der Waals surface area contributed by atoms with Crippen LogP contribution in [0.1, 0.15) is 50.5 Å². The van der Waals surface area contributed by atoms with E-state index in [9.17, 15) is 4.39 Å². The standard InChI is InChI=1S/C17H23FO/c1-2-14-19-17(12-6-4-3-5-7-13-17)15-8-10-16(18)11-9-15/h2,8-11H,1,3-7,12-14H2. The Kier molecular flexibility index (Phi) is 5.15. The van der Waals surface area contributed by atoms with Crippen molar-refractivity contribution in [2.24, 2.45) is 0 Å². The van der Waals surface area contributed by atoms with Gasteiger partial charge in [0.05, 0.1) is 12.2 Å². The lowest BCUT2D eigenvalue weighted by Gasteiger charge is -2.36. The lowest BCUT2D eigenvalue weighted by molar-refractivity contribution is -0.0555. The van der Waals surface area contributed by atoms with Crippen molar-refractivity contribution >= 4 is 0 Å². The molecule has 0 aliphatic heterocycles. The summed E-state index contributed by atoms with van der Waals surface area (Å²) in [4.78, 5) is 0. The maximum atomic E-state index is 13.1. The first-order valence-corrected chi connectivity index (χ1v) is 7.28. The summed E-state index contributed by atoms with van der Waals surface area (Å²) in [7, 11) is 0. The van der Waals surface area contributed by atoms with Crippen molar-refractivity contribution in [3.8, 4) is 0 Å². The van der Waals surface area contributed by atoms with Gasteiger partial charge in [-0.05, 0) is 30.5 Å². The third-order valence-corrected chi connectivity index (χ3v) is 4.01. The molecular weight excluding hydrogens is 239 g/mol. The third-order valence-electron chi connectivity index (χ3n) is 4.01. The van der Waals surface area contributed by atoms with Crippen molar-refractivity contribution in [3.63, 3.8) is 0 Å². The van der Waals surface area contributed by atoms with Gasteiger partial charge in [-0.15, -0.1) is 6.58 Å². The molecule has 1 nitrogen and oxygen atoms in total. The summed E-state index contributed by atoms with van der Waals surface area (Å²) in [6.45, 7) is 4.29. The predicted octanol–water partition coefficient (Wildman–Crippen LogP) is 4.97. The second-order valence-electron chi connectivity index (χ2n) is 5.37. The van der Waals surface area contributed by atoms with Gasteiger partial charge in [0.25, 0.3) is 0 Å². The second kappa shape index (κ2) is 6.85. The van der Waals surface area contributed by atoms with E-state index < -0.39 is 0 Å². The van der Waals surface area contributed by atoms with Crippen LogP contribution in [0.2, 0.25) is 0 Å². The first-order chi connectivity index (χ1) is 9.27. The maximum absolute atomic E-state index is 13.1. The van der Waals surface area contributed by atoms with E-state index in [2.05, 4.69) is 6.58 Å². The smallest absolute Gasteiger partial charge is 0.123 e. The average molecular weight is 262 g/mol. The predicted molar refractivity (Wildman–Crippen MR) is 76.5 cm³/mol. The molecule has 0 bridgehead atoms. The molecule has 1 saturated carbocycles. The highest BCUT2D eigenvalue weighted by atomic mass is 19.1. The summed E-state index contributed by atoms with van der Waals surface area (Å²) in [5.41, 5.74) is 0.861. The van der Waals surface area contributed by atoms with Crippen LogP contribution in [0.15, 0.2) is 36.9 Å². The van der Waals surface area contributed by atoms with Crippen LogP contribution in [0.25, 0.3) is 0 Å². The zero-order valence-corrected chi connectivity index (χ0v) is 11.5. The molecular formula is C17H23FO. The Labute approximate surface area is 115 Å². The van der Waals surface area contributed by atoms with E-state index in [1.54, 1.807) is 6.08 Å². The molecule has 1 fully saturated rings. The zero-order valence-electron chi connectivity index (χ0n) is 11.5. The molecule has 1 aliphatic carbocycles. The summed E-state index contributed by atoms with van der Waals surface area (Å²) in [6.07, 6.45) is 10.0. The third kappa shape index (κ3) is 3.66. The first kappa shape index (κ1) is 14.3. The second-order valence-corrected chi connectivity index (χ2v) is 5.37. The molecule has 0 N–H and O–H groups in total. The molecule has 2 rings (SSSR count). The quantitative estimate of drug-likeness (QED) is 0.696. The summed E-state index contributed by atoms with van der Waals surface area (Å²) in [5, 5.41) is 0. The Hall–Kier alpha value is -1.15. The van der Waals surface area contributed by atoms with Crippen LogP contribution in [0.4, 0.5) is 4.39 Å². The fraction of sp³-hybridized carbons (Fsp3) is 0.529. The minimum absolute atomic E-state index is 0.187. The largest absolute Gasteiger partial charge is 0.366 e. The summed E-state index contributed by atoms with van der Waals surface area (Å²) >= 11 is 0. The molecule has 0 amide bonds. The summed E-state index contributed by atoms with van der Waals surface area (Å²) in [5.74, 6) is -0.187. The lowest BCUT2D eigenvalue weighted by Crippen LogP contribution is -2.31. The fourth-order valence-electron chi connectivity index (χ4n) is 2.96. The topological polar surface area (TPSA) is 9.23 Å². The van der Waals surface area contributed by atoms with E-state index in [0.717, 1.165) is 18.4 Å². The van der Waals surface area contributed by atoms with Crippen LogP contribution >= 0.6 is 0 Å². The SMILES string of the molecule is C=CCOC1(c2ccc(F)cc2)CCCCCCC1. The minimum Gasteiger partial charge on any atom is -0.366 e. The van der Waals surface area contributed by atoms with E-state index in [4.69, 9.17) is 4.74 Å². The molecule has 0 radical (unpaired) electrons. The van der Waals surface area contributed by atoms with Crippen LogP contribution < -0.4 is 0 Å². The van der Waals surface area contributed by atoms with Crippen LogP contribution in [-0.2, 0) is 10.3 Å². The molecule has 1 aliphatic rings. The number of hydrogen-bond donors (Lipinski definition) is 0. The van der Waals surface area contributed by atoms with Gasteiger partial charge in [0.1, 0.15) is 5.82 Å². The Balaban J connectivity index is 2.25. The highest BCUT2D eigenvalue weighted by Gasteiger charge is 2.32. The minimum atomic E-state index is -0.248. The Morgan fingerprint density at radius 2 is 1.63 bits per heavy atom. The number of halogens is 1. The molecule has 0 unspecified atom stereocenters. The van der Waals surface area contributed by atoms with Crippen molar-refractivity contribution in [1.29, 1.82) is 0 Å². The maximum Gasteiger partial charge on any atom is 0.123 e. The Bertz CT molecular complexity index is 388. The highest BCUT2D eigenvalue weighted by Crippen LogP contribution is 2.38. The molecule has 1 aromatic carbocycles. The number of benzene rings is 1. The zero-order chi connectivity index (χ0) is 13.6. The van der Waals surface area contributed by atoms with E-state index in [1.165, 1.54) is 44.2 Å². The molecule has 0 atom stereocenters. The molecule has 104 valence electrons. The van der Waals surface area contributed by atoms with Gasteiger partial charge >= 0.3 is 0 Å². The van der Waals surface area contributed by atoms with Gasteiger partial charge in [0.15, 0.2) is 0 Å². The van der Waals surface area contributed by atoms with Crippen molar-refractivity contribution in [2.45, 2.75) is 50.5 Å².